The lowest BCUT2D eigenvalue weighted by molar-refractivity contribution is -0.170. The molecule has 0 aliphatic carbocycles. The number of aliphatic hydroxyl groups is 5. The number of unbranched alkanes of at least 4 members (excludes halogenated alkanes) is 1. The molecule has 0 radical (unpaired) electrons. The Morgan fingerprint density at radius 1 is 1.29 bits per heavy atom. The molecule has 0 aromatic carbocycles. The maximum Gasteiger partial charge on any atom is 0.378 e. The van der Waals surface area contributed by atoms with Crippen LogP contribution in [-0.2, 0) is 14.3 Å². The highest BCUT2D eigenvalue weighted by Gasteiger charge is 2.55. The molecule has 5 N–H and O–H groups in total. The fourth-order valence-corrected chi connectivity index (χ4v) is 2.06. The quantitative estimate of drug-likeness (QED) is 0.269. The largest absolute Gasteiger partial charge is 0.505 e. The standard InChI is InChI=1S/C13H22O8/c1-2-3-4-20-10-11(18)13(9(17)7-15,21-12(10)19)5-8(16)6-14/h8-9,14-18H,2-7H2,1H3/t8?,9-,13+/m0/s1. The Morgan fingerprint density at radius 2 is 1.95 bits per heavy atom. The van der Waals surface area contributed by atoms with Crippen LogP contribution in [-0.4, -0.2) is 69.1 Å². The molecule has 0 fully saturated rings. The van der Waals surface area contributed by atoms with Crippen LogP contribution in [0.2, 0.25) is 0 Å². The molecule has 21 heavy (non-hydrogen) atoms. The van der Waals surface area contributed by atoms with Crippen LogP contribution in [0.3, 0.4) is 0 Å². The van der Waals surface area contributed by atoms with Gasteiger partial charge < -0.3 is 35.0 Å². The number of rotatable bonds is 9. The molecule has 122 valence electrons. The highest BCUT2D eigenvalue weighted by molar-refractivity contribution is 5.90. The van der Waals surface area contributed by atoms with E-state index in [4.69, 9.17) is 19.7 Å². The zero-order valence-corrected chi connectivity index (χ0v) is 11.9. The number of cyclic esters (lactones) is 1. The van der Waals surface area contributed by atoms with E-state index in [2.05, 4.69) is 0 Å². The Hall–Kier alpha value is -1.35. The highest BCUT2D eigenvalue weighted by atomic mass is 16.6. The van der Waals surface area contributed by atoms with Crippen molar-refractivity contribution in [2.45, 2.75) is 44.0 Å². The average molecular weight is 306 g/mol. The Balaban J connectivity index is 3.05. The summed E-state index contributed by atoms with van der Waals surface area (Å²) >= 11 is 0. The van der Waals surface area contributed by atoms with E-state index in [0.29, 0.717) is 6.42 Å². The van der Waals surface area contributed by atoms with Gasteiger partial charge in [0.1, 0.15) is 6.10 Å². The van der Waals surface area contributed by atoms with Gasteiger partial charge in [-0.05, 0) is 6.42 Å². The number of ether oxygens (including phenoxy) is 2. The van der Waals surface area contributed by atoms with E-state index >= 15 is 0 Å². The molecule has 1 aliphatic rings. The summed E-state index contributed by atoms with van der Waals surface area (Å²) in [7, 11) is 0. The van der Waals surface area contributed by atoms with Gasteiger partial charge in [0.15, 0.2) is 5.76 Å². The summed E-state index contributed by atoms with van der Waals surface area (Å²) in [5, 5.41) is 47.5. The molecule has 1 unspecified atom stereocenters. The van der Waals surface area contributed by atoms with Crippen molar-refractivity contribution in [3.05, 3.63) is 11.5 Å². The summed E-state index contributed by atoms with van der Waals surface area (Å²) in [6.45, 7) is 0.634. The first-order chi connectivity index (χ1) is 9.92. The van der Waals surface area contributed by atoms with Crippen LogP contribution in [0.5, 0.6) is 0 Å². The van der Waals surface area contributed by atoms with Crippen molar-refractivity contribution in [3.8, 4) is 0 Å². The molecule has 0 aromatic heterocycles. The van der Waals surface area contributed by atoms with Gasteiger partial charge in [0, 0.05) is 6.42 Å². The lowest BCUT2D eigenvalue weighted by Crippen LogP contribution is -2.49. The molecule has 0 amide bonds. The zero-order chi connectivity index (χ0) is 16.0. The Morgan fingerprint density at radius 3 is 2.48 bits per heavy atom. The first-order valence-electron chi connectivity index (χ1n) is 6.80. The van der Waals surface area contributed by atoms with E-state index in [1.54, 1.807) is 0 Å². The maximum atomic E-state index is 11.8. The third-order valence-electron chi connectivity index (χ3n) is 3.28. The van der Waals surface area contributed by atoms with E-state index < -0.39 is 54.9 Å². The fraction of sp³-hybridized carbons (Fsp3) is 0.769. The average Bonchev–Trinajstić information content (AvgIpc) is 2.71. The van der Waals surface area contributed by atoms with Gasteiger partial charge in [-0.15, -0.1) is 0 Å². The molecule has 3 atom stereocenters. The number of aliphatic hydroxyl groups excluding tert-OH is 5. The molecule has 0 saturated heterocycles. The fourth-order valence-electron chi connectivity index (χ4n) is 2.06. The van der Waals surface area contributed by atoms with Gasteiger partial charge in [-0.25, -0.2) is 4.79 Å². The SMILES string of the molecule is CCCCOC1=C(O)[C@@](CC(O)CO)([C@@H](O)CO)OC1=O. The Kier molecular flexibility index (Phi) is 6.41. The number of carbonyl (C=O) groups is 1. The first-order valence-corrected chi connectivity index (χ1v) is 6.80. The van der Waals surface area contributed by atoms with Crippen LogP contribution >= 0.6 is 0 Å². The minimum atomic E-state index is -2.02. The van der Waals surface area contributed by atoms with Gasteiger partial charge in [0.05, 0.1) is 25.9 Å². The molecular formula is C13H22O8. The minimum Gasteiger partial charge on any atom is -0.505 e. The van der Waals surface area contributed by atoms with E-state index in [1.165, 1.54) is 0 Å². The van der Waals surface area contributed by atoms with E-state index in [1.807, 2.05) is 6.92 Å². The second-order valence-electron chi connectivity index (χ2n) is 4.90. The molecule has 8 heteroatoms. The highest BCUT2D eigenvalue weighted by Crippen LogP contribution is 2.38. The summed E-state index contributed by atoms with van der Waals surface area (Å²) in [5.41, 5.74) is -2.02. The minimum absolute atomic E-state index is 0.179. The summed E-state index contributed by atoms with van der Waals surface area (Å²) in [5.74, 6) is -2.11. The summed E-state index contributed by atoms with van der Waals surface area (Å²) in [6, 6.07) is 0. The van der Waals surface area contributed by atoms with Crippen molar-refractivity contribution >= 4 is 5.97 Å². The predicted molar refractivity (Wildman–Crippen MR) is 70.1 cm³/mol. The van der Waals surface area contributed by atoms with Crippen molar-refractivity contribution < 1.29 is 39.8 Å². The van der Waals surface area contributed by atoms with Gasteiger partial charge in [0.25, 0.3) is 0 Å². The monoisotopic (exact) mass is 306 g/mol. The van der Waals surface area contributed by atoms with Crippen molar-refractivity contribution in [1.82, 2.24) is 0 Å². The van der Waals surface area contributed by atoms with Crippen molar-refractivity contribution in [2.75, 3.05) is 19.8 Å². The Bertz CT molecular complexity index is 394. The summed E-state index contributed by atoms with van der Waals surface area (Å²) in [6.07, 6.45) is -2.01. The van der Waals surface area contributed by atoms with Crippen LogP contribution in [0.1, 0.15) is 26.2 Å². The topological polar surface area (TPSA) is 137 Å². The molecule has 8 nitrogen and oxygen atoms in total. The van der Waals surface area contributed by atoms with E-state index in [-0.39, 0.29) is 6.61 Å². The van der Waals surface area contributed by atoms with Crippen LogP contribution in [0, 0.1) is 0 Å². The van der Waals surface area contributed by atoms with Gasteiger partial charge in [-0.1, -0.05) is 13.3 Å². The molecule has 1 heterocycles. The molecular weight excluding hydrogens is 284 g/mol. The van der Waals surface area contributed by atoms with E-state index in [0.717, 1.165) is 6.42 Å². The van der Waals surface area contributed by atoms with Gasteiger partial charge in [0.2, 0.25) is 11.4 Å². The second-order valence-corrected chi connectivity index (χ2v) is 4.90. The maximum absolute atomic E-state index is 11.8. The van der Waals surface area contributed by atoms with Crippen LogP contribution in [0.25, 0.3) is 0 Å². The molecule has 0 bridgehead atoms. The molecule has 0 aromatic rings. The van der Waals surface area contributed by atoms with Gasteiger partial charge in [-0.2, -0.15) is 0 Å². The van der Waals surface area contributed by atoms with Crippen molar-refractivity contribution in [3.63, 3.8) is 0 Å². The van der Waals surface area contributed by atoms with Crippen LogP contribution < -0.4 is 0 Å². The smallest absolute Gasteiger partial charge is 0.378 e. The molecule has 0 saturated carbocycles. The lowest BCUT2D eigenvalue weighted by Gasteiger charge is -2.32. The number of carbonyl (C=O) groups excluding carboxylic acids is 1. The van der Waals surface area contributed by atoms with E-state index in [9.17, 15) is 20.1 Å². The third kappa shape index (κ3) is 3.65. The number of hydrogen-bond donors (Lipinski definition) is 5. The normalized spacial score (nSPS) is 24.9. The summed E-state index contributed by atoms with van der Waals surface area (Å²) in [4.78, 5) is 11.8. The first kappa shape index (κ1) is 17.7. The second kappa shape index (κ2) is 7.60. The zero-order valence-electron chi connectivity index (χ0n) is 11.9. The lowest BCUT2D eigenvalue weighted by atomic mass is 9.88. The van der Waals surface area contributed by atoms with Crippen LogP contribution in [0.15, 0.2) is 11.5 Å². The Labute approximate surface area is 122 Å². The van der Waals surface area contributed by atoms with Gasteiger partial charge in [-0.3, -0.25) is 0 Å². The number of hydrogen-bond acceptors (Lipinski definition) is 8. The predicted octanol–water partition coefficient (Wildman–Crippen LogP) is -1.04. The molecule has 1 aliphatic heterocycles. The molecule has 1 rings (SSSR count). The van der Waals surface area contributed by atoms with Crippen molar-refractivity contribution in [1.29, 1.82) is 0 Å². The van der Waals surface area contributed by atoms with Gasteiger partial charge >= 0.3 is 5.97 Å². The van der Waals surface area contributed by atoms with Crippen molar-refractivity contribution in [2.24, 2.45) is 0 Å². The third-order valence-corrected chi connectivity index (χ3v) is 3.28. The number of esters is 1. The molecule has 0 spiro atoms. The van der Waals surface area contributed by atoms with Crippen LogP contribution in [0.4, 0.5) is 0 Å². The summed E-state index contributed by atoms with van der Waals surface area (Å²) < 4.78 is 10.1.